The van der Waals surface area contributed by atoms with Crippen molar-refractivity contribution in [2.75, 3.05) is 26.2 Å². The summed E-state index contributed by atoms with van der Waals surface area (Å²) in [5.74, 6) is 0.443. The molecule has 1 fully saturated rings. The molecule has 2 rings (SSSR count). The summed E-state index contributed by atoms with van der Waals surface area (Å²) >= 11 is 5.82. The molecular weight excluding hydrogens is 296 g/mol. The lowest BCUT2D eigenvalue weighted by molar-refractivity contribution is 0.294. The van der Waals surface area contributed by atoms with Gasteiger partial charge in [0.1, 0.15) is 0 Å². The summed E-state index contributed by atoms with van der Waals surface area (Å²) < 4.78 is 26.8. The monoisotopic (exact) mass is 316 g/mol. The number of hydrogen-bond donors (Lipinski definition) is 1. The smallest absolute Gasteiger partial charge is 0.243 e. The number of piperidine rings is 1. The van der Waals surface area contributed by atoms with Crippen molar-refractivity contribution in [1.82, 2.24) is 9.62 Å². The fourth-order valence-corrected chi connectivity index (χ4v) is 4.16. The van der Waals surface area contributed by atoms with E-state index in [1.807, 2.05) is 6.92 Å². The topological polar surface area (TPSA) is 49.4 Å². The summed E-state index contributed by atoms with van der Waals surface area (Å²) in [6.07, 6.45) is 2.07. The van der Waals surface area contributed by atoms with Gasteiger partial charge in [-0.15, -0.1) is 0 Å². The fraction of sp³-hybridized carbons (Fsp3) is 0.571. The molecule has 1 aliphatic rings. The highest BCUT2D eigenvalue weighted by atomic mass is 35.5. The van der Waals surface area contributed by atoms with E-state index >= 15 is 0 Å². The van der Waals surface area contributed by atoms with Gasteiger partial charge in [0.25, 0.3) is 0 Å². The van der Waals surface area contributed by atoms with E-state index in [0.717, 1.165) is 25.9 Å². The molecule has 1 saturated heterocycles. The normalized spacial score (nSPS) is 17.6. The molecule has 1 heterocycles. The Bertz CT molecular complexity index is 525. The first-order valence-electron chi connectivity index (χ1n) is 7.00. The van der Waals surface area contributed by atoms with Crippen LogP contribution in [0.2, 0.25) is 5.02 Å². The van der Waals surface area contributed by atoms with Crippen LogP contribution in [0.5, 0.6) is 0 Å². The fourth-order valence-electron chi connectivity index (χ4n) is 2.51. The van der Waals surface area contributed by atoms with Crippen LogP contribution < -0.4 is 5.32 Å². The number of sulfonamides is 1. The van der Waals surface area contributed by atoms with E-state index < -0.39 is 10.0 Å². The van der Waals surface area contributed by atoms with E-state index in [-0.39, 0.29) is 0 Å². The summed E-state index contributed by atoms with van der Waals surface area (Å²) in [6.45, 7) is 4.93. The lowest BCUT2D eigenvalue weighted by Gasteiger charge is -2.28. The third kappa shape index (κ3) is 3.73. The van der Waals surface area contributed by atoms with E-state index in [1.54, 1.807) is 28.6 Å². The minimum Gasteiger partial charge on any atom is -0.317 e. The Labute approximate surface area is 126 Å². The maximum absolute atomic E-state index is 12.6. The molecule has 20 heavy (non-hydrogen) atoms. The Hall–Kier alpha value is -0.620. The molecule has 0 aromatic heterocycles. The average molecular weight is 317 g/mol. The Morgan fingerprint density at radius 2 is 1.85 bits per heavy atom. The second kappa shape index (κ2) is 6.89. The quantitative estimate of drug-likeness (QED) is 0.907. The Morgan fingerprint density at radius 3 is 2.40 bits per heavy atom. The van der Waals surface area contributed by atoms with Gasteiger partial charge in [0.2, 0.25) is 10.0 Å². The highest BCUT2D eigenvalue weighted by molar-refractivity contribution is 7.89. The van der Waals surface area contributed by atoms with Gasteiger partial charge in [-0.2, -0.15) is 4.31 Å². The molecule has 0 amide bonds. The third-order valence-corrected chi connectivity index (χ3v) is 5.93. The average Bonchev–Trinajstić information content (AvgIpc) is 2.46. The Balaban J connectivity index is 2.14. The number of benzene rings is 1. The van der Waals surface area contributed by atoms with Gasteiger partial charge in [0.05, 0.1) is 4.90 Å². The van der Waals surface area contributed by atoms with Gasteiger partial charge in [0, 0.05) is 18.1 Å². The molecule has 0 radical (unpaired) electrons. The zero-order chi connectivity index (χ0) is 14.6. The molecule has 4 nitrogen and oxygen atoms in total. The molecule has 0 spiro atoms. The van der Waals surface area contributed by atoms with Crippen molar-refractivity contribution >= 4 is 21.6 Å². The van der Waals surface area contributed by atoms with Crippen molar-refractivity contribution in [3.8, 4) is 0 Å². The molecule has 0 unspecified atom stereocenters. The van der Waals surface area contributed by atoms with E-state index in [0.29, 0.717) is 28.9 Å². The molecule has 0 atom stereocenters. The van der Waals surface area contributed by atoms with Crippen molar-refractivity contribution in [2.45, 2.75) is 24.7 Å². The lowest BCUT2D eigenvalue weighted by atomic mass is 9.98. The summed E-state index contributed by atoms with van der Waals surface area (Å²) in [7, 11) is -3.41. The number of halogens is 1. The molecule has 0 saturated carbocycles. The zero-order valence-electron chi connectivity index (χ0n) is 11.7. The summed E-state index contributed by atoms with van der Waals surface area (Å²) in [5, 5.41) is 3.85. The van der Waals surface area contributed by atoms with Crippen LogP contribution >= 0.6 is 11.6 Å². The van der Waals surface area contributed by atoms with Crippen molar-refractivity contribution < 1.29 is 8.42 Å². The van der Waals surface area contributed by atoms with Gasteiger partial charge >= 0.3 is 0 Å². The molecular formula is C14H21ClN2O2S. The van der Waals surface area contributed by atoms with Crippen LogP contribution in [-0.2, 0) is 10.0 Å². The van der Waals surface area contributed by atoms with E-state index in [2.05, 4.69) is 5.32 Å². The molecule has 112 valence electrons. The van der Waals surface area contributed by atoms with E-state index in [4.69, 9.17) is 11.6 Å². The maximum atomic E-state index is 12.6. The molecule has 1 aliphatic heterocycles. The molecule has 6 heteroatoms. The van der Waals surface area contributed by atoms with Crippen LogP contribution in [0.4, 0.5) is 0 Å². The molecule has 1 aromatic carbocycles. The predicted octanol–water partition coefficient (Wildman–Crippen LogP) is 2.35. The van der Waals surface area contributed by atoms with Gasteiger partial charge in [-0.25, -0.2) is 8.42 Å². The predicted molar refractivity (Wildman–Crippen MR) is 81.5 cm³/mol. The second-order valence-corrected chi connectivity index (χ2v) is 7.48. The minimum atomic E-state index is -3.41. The molecule has 0 aliphatic carbocycles. The van der Waals surface area contributed by atoms with Gasteiger partial charge in [-0.1, -0.05) is 18.5 Å². The van der Waals surface area contributed by atoms with Gasteiger partial charge in [-0.05, 0) is 56.1 Å². The maximum Gasteiger partial charge on any atom is 0.243 e. The molecule has 0 bridgehead atoms. The molecule has 1 aromatic rings. The van der Waals surface area contributed by atoms with Crippen molar-refractivity contribution in [3.63, 3.8) is 0 Å². The Morgan fingerprint density at radius 1 is 1.25 bits per heavy atom. The first-order valence-corrected chi connectivity index (χ1v) is 8.82. The van der Waals surface area contributed by atoms with Crippen LogP contribution in [0.1, 0.15) is 19.8 Å². The third-order valence-electron chi connectivity index (χ3n) is 3.72. The van der Waals surface area contributed by atoms with Gasteiger partial charge in [0.15, 0.2) is 0 Å². The van der Waals surface area contributed by atoms with E-state index in [9.17, 15) is 8.42 Å². The van der Waals surface area contributed by atoms with Crippen LogP contribution in [-0.4, -0.2) is 38.9 Å². The van der Waals surface area contributed by atoms with Crippen molar-refractivity contribution in [1.29, 1.82) is 0 Å². The van der Waals surface area contributed by atoms with Gasteiger partial charge < -0.3 is 5.32 Å². The zero-order valence-corrected chi connectivity index (χ0v) is 13.3. The summed E-state index contributed by atoms with van der Waals surface area (Å²) in [5.41, 5.74) is 0. The van der Waals surface area contributed by atoms with Crippen molar-refractivity contribution in [2.24, 2.45) is 5.92 Å². The summed E-state index contributed by atoms with van der Waals surface area (Å²) in [6, 6.07) is 6.38. The van der Waals surface area contributed by atoms with Crippen LogP contribution in [0.15, 0.2) is 29.2 Å². The van der Waals surface area contributed by atoms with Gasteiger partial charge in [-0.3, -0.25) is 0 Å². The number of rotatable bonds is 5. The minimum absolute atomic E-state index is 0.317. The van der Waals surface area contributed by atoms with Crippen LogP contribution in [0.25, 0.3) is 0 Å². The first kappa shape index (κ1) is 15.8. The highest BCUT2D eigenvalue weighted by Crippen LogP contribution is 2.21. The SMILES string of the molecule is CCN(CC1CCNCC1)S(=O)(=O)c1ccc(Cl)cc1. The highest BCUT2D eigenvalue weighted by Gasteiger charge is 2.26. The summed E-state index contributed by atoms with van der Waals surface area (Å²) in [4.78, 5) is 0.317. The van der Waals surface area contributed by atoms with Crippen LogP contribution in [0, 0.1) is 5.92 Å². The van der Waals surface area contributed by atoms with Crippen molar-refractivity contribution in [3.05, 3.63) is 29.3 Å². The second-order valence-electron chi connectivity index (χ2n) is 5.10. The van der Waals surface area contributed by atoms with E-state index in [1.165, 1.54) is 0 Å². The number of hydrogen-bond acceptors (Lipinski definition) is 3. The standard InChI is InChI=1S/C14H21ClN2O2S/c1-2-17(11-12-7-9-16-10-8-12)20(18,19)14-5-3-13(15)4-6-14/h3-6,12,16H,2,7-11H2,1H3. The number of nitrogens with zero attached hydrogens (tertiary/aromatic N) is 1. The Kier molecular flexibility index (Phi) is 5.43. The molecule has 1 N–H and O–H groups in total. The largest absolute Gasteiger partial charge is 0.317 e. The van der Waals surface area contributed by atoms with Crippen LogP contribution in [0.3, 0.4) is 0 Å². The first-order chi connectivity index (χ1) is 9.54. The number of nitrogens with one attached hydrogen (secondary N) is 1. The lowest BCUT2D eigenvalue weighted by Crippen LogP contribution is -2.39.